The van der Waals surface area contributed by atoms with Crippen molar-refractivity contribution in [2.75, 3.05) is 25.1 Å². The van der Waals surface area contributed by atoms with Gasteiger partial charge in [-0.05, 0) is 30.3 Å². The van der Waals surface area contributed by atoms with E-state index in [-0.39, 0.29) is 11.7 Å². The van der Waals surface area contributed by atoms with Crippen LogP contribution < -0.4 is 15.4 Å². The lowest BCUT2D eigenvalue weighted by Crippen LogP contribution is -2.27. The molecule has 9 nitrogen and oxygen atoms in total. The topological polar surface area (TPSA) is 114 Å². The van der Waals surface area contributed by atoms with Crippen LogP contribution in [0.1, 0.15) is 16.8 Å². The molecular formula is C22H19F3N6O3S. The molecule has 2 aromatic heterocycles. The van der Waals surface area contributed by atoms with Gasteiger partial charge >= 0.3 is 6.36 Å². The second kappa shape index (κ2) is 10.2. The Morgan fingerprint density at radius 1 is 1.17 bits per heavy atom. The largest absolute Gasteiger partial charge is 0.573 e. The molecule has 0 radical (unpaired) electrons. The SMILES string of the molecule is Cn1c(Nc2nc3ccc(OC(F)(F)F)cc3s2)nc2cc(C(=O)NCCOCCC#N)ccc21. The monoisotopic (exact) mass is 504 g/mol. The first-order valence-corrected chi connectivity index (χ1v) is 11.2. The lowest BCUT2D eigenvalue weighted by Gasteiger charge is -2.07. The number of imidazole rings is 1. The summed E-state index contributed by atoms with van der Waals surface area (Å²) in [6.45, 7) is 0.934. The molecule has 4 aromatic rings. The number of aryl methyl sites for hydroxylation is 1. The molecule has 13 heteroatoms. The summed E-state index contributed by atoms with van der Waals surface area (Å²) in [5, 5.41) is 14.7. The highest BCUT2D eigenvalue weighted by Gasteiger charge is 2.31. The Labute approximate surface area is 201 Å². The zero-order valence-electron chi connectivity index (χ0n) is 18.3. The summed E-state index contributed by atoms with van der Waals surface area (Å²) in [5.41, 5.74) is 2.29. The normalized spacial score (nSPS) is 11.5. The van der Waals surface area contributed by atoms with E-state index >= 15 is 0 Å². The quantitative estimate of drug-likeness (QED) is 0.323. The van der Waals surface area contributed by atoms with Gasteiger partial charge in [-0.3, -0.25) is 4.79 Å². The molecule has 0 saturated carbocycles. The van der Waals surface area contributed by atoms with Crippen molar-refractivity contribution in [1.29, 1.82) is 5.26 Å². The van der Waals surface area contributed by atoms with Crippen LogP contribution in [-0.2, 0) is 11.8 Å². The first-order chi connectivity index (χ1) is 16.7. The van der Waals surface area contributed by atoms with E-state index < -0.39 is 6.36 Å². The minimum absolute atomic E-state index is 0.279. The van der Waals surface area contributed by atoms with Gasteiger partial charge in [-0.2, -0.15) is 5.26 Å². The van der Waals surface area contributed by atoms with Crippen LogP contribution in [0.2, 0.25) is 0 Å². The third kappa shape index (κ3) is 5.97. The fraction of sp³-hybridized carbons (Fsp3) is 0.273. The van der Waals surface area contributed by atoms with E-state index in [0.29, 0.717) is 58.6 Å². The maximum absolute atomic E-state index is 12.5. The van der Waals surface area contributed by atoms with E-state index in [4.69, 9.17) is 10.00 Å². The number of nitrogens with one attached hydrogen (secondary N) is 2. The number of ether oxygens (including phenoxy) is 2. The molecule has 0 aliphatic rings. The third-order valence-corrected chi connectivity index (χ3v) is 5.78. The highest BCUT2D eigenvalue weighted by Crippen LogP contribution is 2.33. The predicted molar refractivity (Wildman–Crippen MR) is 124 cm³/mol. The number of halogens is 3. The number of aromatic nitrogens is 3. The molecule has 0 spiro atoms. The van der Waals surface area contributed by atoms with Gasteiger partial charge < -0.3 is 24.7 Å². The standard InChI is InChI=1S/C22H19F3N6O3S/c1-31-17-6-3-13(19(32)27-8-10-33-9-2-7-26)11-16(17)28-20(31)30-21-29-15-5-4-14(12-18(15)35-21)34-22(23,24)25/h3-6,11-12H,2,8-10H2,1H3,(H,27,32)(H,28,29,30). The van der Waals surface area contributed by atoms with Gasteiger partial charge in [0.1, 0.15) is 5.75 Å². The minimum atomic E-state index is -4.77. The number of rotatable bonds is 9. The van der Waals surface area contributed by atoms with Gasteiger partial charge in [0, 0.05) is 25.2 Å². The van der Waals surface area contributed by atoms with Crippen LogP contribution in [-0.4, -0.2) is 46.6 Å². The summed E-state index contributed by atoms with van der Waals surface area (Å²) in [4.78, 5) is 21.3. The van der Waals surface area contributed by atoms with E-state index in [1.807, 2.05) is 6.07 Å². The molecule has 0 aliphatic heterocycles. The second-order valence-electron chi connectivity index (χ2n) is 7.30. The first-order valence-electron chi connectivity index (χ1n) is 10.4. The summed E-state index contributed by atoms with van der Waals surface area (Å²) >= 11 is 1.16. The highest BCUT2D eigenvalue weighted by molar-refractivity contribution is 7.22. The Morgan fingerprint density at radius 2 is 2.00 bits per heavy atom. The third-order valence-electron chi connectivity index (χ3n) is 4.85. The van der Waals surface area contributed by atoms with Gasteiger partial charge in [-0.25, -0.2) is 9.97 Å². The van der Waals surface area contributed by atoms with Crippen molar-refractivity contribution in [2.45, 2.75) is 12.8 Å². The average molecular weight is 504 g/mol. The van der Waals surface area contributed by atoms with E-state index in [1.165, 1.54) is 18.2 Å². The van der Waals surface area contributed by atoms with Gasteiger partial charge in [0.15, 0.2) is 5.13 Å². The maximum atomic E-state index is 12.5. The van der Waals surface area contributed by atoms with E-state index in [1.54, 1.807) is 29.8 Å². The molecule has 0 unspecified atom stereocenters. The molecule has 0 aliphatic carbocycles. The van der Waals surface area contributed by atoms with Gasteiger partial charge in [-0.15, -0.1) is 13.2 Å². The number of carbonyl (C=O) groups is 1. The maximum Gasteiger partial charge on any atom is 0.573 e. The molecule has 0 saturated heterocycles. The van der Waals surface area contributed by atoms with Crippen LogP contribution in [0, 0.1) is 11.3 Å². The van der Waals surface area contributed by atoms with Crippen molar-refractivity contribution in [3.8, 4) is 11.8 Å². The Morgan fingerprint density at radius 3 is 2.77 bits per heavy atom. The Bertz CT molecular complexity index is 1410. The molecular weight excluding hydrogens is 485 g/mol. The number of nitrogens with zero attached hydrogens (tertiary/aromatic N) is 4. The second-order valence-corrected chi connectivity index (χ2v) is 8.33. The van der Waals surface area contributed by atoms with E-state index in [9.17, 15) is 18.0 Å². The van der Waals surface area contributed by atoms with Gasteiger partial charge in [-0.1, -0.05) is 11.3 Å². The Hall–Kier alpha value is -3.89. The molecule has 0 atom stereocenters. The van der Waals surface area contributed by atoms with Gasteiger partial charge in [0.2, 0.25) is 5.95 Å². The molecule has 0 bridgehead atoms. The molecule has 182 valence electrons. The van der Waals surface area contributed by atoms with Crippen LogP contribution in [0.5, 0.6) is 5.75 Å². The summed E-state index contributed by atoms with van der Waals surface area (Å²) in [5.74, 6) is -0.143. The van der Waals surface area contributed by atoms with E-state index in [0.717, 1.165) is 16.9 Å². The number of amides is 1. The Kier molecular flexibility index (Phi) is 7.04. The lowest BCUT2D eigenvalue weighted by molar-refractivity contribution is -0.274. The molecule has 35 heavy (non-hydrogen) atoms. The minimum Gasteiger partial charge on any atom is -0.406 e. The molecule has 2 N–H and O–H groups in total. The van der Waals surface area contributed by atoms with Crippen LogP contribution in [0.15, 0.2) is 36.4 Å². The number of anilines is 2. The van der Waals surface area contributed by atoms with Crippen LogP contribution >= 0.6 is 11.3 Å². The van der Waals surface area contributed by atoms with Crippen molar-refractivity contribution in [2.24, 2.45) is 7.05 Å². The van der Waals surface area contributed by atoms with Crippen molar-refractivity contribution in [1.82, 2.24) is 19.9 Å². The number of hydrogen-bond acceptors (Lipinski definition) is 8. The number of fused-ring (bicyclic) bond motifs is 2. The number of carbonyl (C=O) groups excluding carboxylic acids is 1. The number of nitriles is 1. The van der Waals surface area contributed by atoms with Gasteiger partial charge in [0.05, 0.1) is 47.0 Å². The van der Waals surface area contributed by atoms with E-state index in [2.05, 4.69) is 25.3 Å². The van der Waals surface area contributed by atoms with Crippen molar-refractivity contribution < 1.29 is 27.4 Å². The summed E-state index contributed by atoms with van der Waals surface area (Å²) in [7, 11) is 1.79. The first kappa shape index (κ1) is 24.2. The molecule has 2 heterocycles. The fourth-order valence-corrected chi connectivity index (χ4v) is 4.15. The van der Waals surface area contributed by atoms with Crippen molar-refractivity contribution in [3.05, 3.63) is 42.0 Å². The summed E-state index contributed by atoms with van der Waals surface area (Å²) in [6, 6.07) is 11.0. The molecule has 1 amide bonds. The summed E-state index contributed by atoms with van der Waals surface area (Å²) in [6.07, 6.45) is -4.47. The zero-order chi connectivity index (χ0) is 25.0. The van der Waals surface area contributed by atoms with Crippen molar-refractivity contribution >= 4 is 49.6 Å². The Balaban J connectivity index is 1.46. The lowest BCUT2D eigenvalue weighted by atomic mass is 10.2. The number of hydrogen-bond donors (Lipinski definition) is 2. The average Bonchev–Trinajstić information content (AvgIpc) is 3.34. The van der Waals surface area contributed by atoms with Crippen LogP contribution in [0.3, 0.4) is 0 Å². The number of alkyl halides is 3. The van der Waals surface area contributed by atoms with Crippen LogP contribution in [0.25, 0.3) is 21.3 Å². The zero-order valence-corrected chi connectivity index (χ0v) is 19.2. The van der Waals surface area contributed by atoms with Crippen molar-refractivity contribution in [3.63, 3.8) is 0 Å². The van der Waals surface area contributed by atoms with Crippen LogP contribution in [0.4, 0.5) is 24.3 Å². The molecule has 4 rings (SSSR count). The molecule has 2 aromatic carbocycles. The molecule has 0 fully saturated rings. The summed E-state index contributed by atoms with van der Waals surface area (Å²) < 4.78 is 48.9. The van der Waals surface area contributed by atoms with Gasteiger partial charge in [0.25, 0.3) is 5.91 Å². The number of benzene rings is 2. The fourth-order valence-electron chi connectivity index (χ4n) is 3.26. The highest BCUT2D eigenvalue weighted by atomic mass is 32.1. The smallest absolute Gasteiger partial charge is 0.406 e. The predicted octanol–water partition coefficient (Wildman–Crippen LogP) is 4.49. The number of thiazole rings is 1.